The fraction of sp³-hybridized carbons (Fsp3) is 0.0588. The van der Waals surface area contributed by atoms with Gasteiger partial charge < -0.3 is 19.0 Å². The third-order valence-electron chi connectivity index (χ3n) is 11.6. The van der Waals surface area contributed by atoms with Crippen molar-refractivity contribution in [1.29, 1.82) is 0 Å². The van der Waals surface area contributed by atoms with Gasteiger partial charge in [-0.25, -0.2) is 9.98 Å². The molecular weight excluding hydrogens is 701 g/mol. The van der Waals surface area contributed by atoms with Crippen LogP contribution in [0.25, 0.3) is 60.6 Å². The summed E-state index contributed by atoms with van der Waals surface area (Å²) in [5.41, 5.74) is 11.7. The first-order chi connectivity index (χ1) is 28.2. The number of aromatic nitrogens is 1. The van der Waals surface area contributed by atoms with Crippen molar-refractivity contribution in [2.75, 3.05) is 0 Å². The first kappa shape index (κ1) is 31.9. The van der Waals surface area contributed by atoms with Crippen LogP contribution in [-0.4, -0.2) is 16.2 Å². The number of furan rings is 1. The number of benzene rings is 7. The van der Waals surface area contributed by atoms with Crippen molar-refractivity contribution in [3.05, 3.63) is 204 Å². The second-order valence-corrected chi connectivity index (χ2v) is 14.9. The molecule has 2 atom stereocenters. The maximum atomic E-state index is 6.75. The number of fused-ring (bicyclic) bond motifs is 9. The largest absolute Gasteiger partial charge is 0.461 e. The Labute approximate surface area is 328 Å². The first-order valence-corrected chi connectivity index (χ1v) is 19.4. The van der Waals surface area contributed by atoms with Crippen LogP contribution in [0.4, 0.5) is 0 Å². The Kier molecular flexibility index (Phi) is 7.01. The zero-order chi connectivity index (χ0) is 37.5. The molecule has 0 amide bonds. The molecule has 2 aromatic heterocycles. The highest BCUT2D eigenvalue weighted by Gasteiger charge is 2.36. The van der Waals surface area contributed by atoms with E-state index in [0.717, 1.165) is 73.7 Å². The van der Waals surface area contributed by atoms with Gasteiger partial charge in [-0.15, -0.1) is 0 Å². The number of ether oxygens (including phenoxy) is 1. The molecule has 0 spiro atoms. The molecule has 6 nitrogen and oxygen atoms in total. The normalized spacial score (nSPS) is 17.4. The lowest BCUT2D eigenvalue weighted by Gasteiger charge is -2.25. The smallest absolute Gasteiger partial charge is 0.159 e. The van der Waals surface area contributed by atoms with Gasteiger partial charge in [0.25, 0.3) is 0 Å². The molecule has 0 bridgehead atoms. The SMILES string of the molecule is C1=C2Oc3cccc(C4=NC(c5ccccc5)=NC(c5ccc6c(c5)oc5ccccc56)N4)c3C2CC=C1n1c2ccccc2c2cc(-c3ccccc3)ccc21. The van der Waals surface area contributed by atoms with E-state index in [1.54, 1.807) is 0 Å². The van der Waals surface area contributed by atoms with Gasteiger partial charge in [0.1, 0.15) is 34.7 Å². The second-order valence-electron chi connectivity index (χ2n) is 14.9. The van der Waals surface area contributed by atoms with Crippen molar-refractivity contribution in [1.82, 2.24) is 9.88 Å². The maximum absolute atomic E-state index is 6.75. The summed E-state index contributed by atoms with van der Waals surface area (Å²) in [6, 6.07) is 57.1. The summed E-state index contributed by atoms with van der Waals surface area (Å²) in [7, 11) is 0. The minimum absolute atomic E-state index is 0.0478. The van der Waals surface area contributed by atoms with Gasteiger partial charge in [-0.3, -0.25) is 0 Å². The Morgan fingerprint density at radius 2 is 1.35 bits per heavy atom. The van der Waals surface area contributed by atoms with Crippen molar-refractivity contribution >= 4 is 61.1 Å². The van der Waals surface area contributed by atoms with Gasteiger partial charge in [0.05, 0.1) is 17.0 Å². The van der Waals surface area contributed by atoms with E-state index >= 15 is 0 Å². The van der Waals surface area contributed by atoms with Gasteiger partial charge in [0.2, 0.25) is 0 Å². The number of amidine groups is 2. The van der Waals surface area contributed by atoms with E-state index < -0.39 is 0 Å². The minimum atomic E-state index is -0.380. The molecule has 1 N–H and O–H groups in total. The van der Waals surface area contributed by atoms with Crippen molar-refractivity contribution in [2.24, 2.45) is 9.98 Å². The summed E-state index contributed by atoms with van der Waals surface area (Å²) in [6.45, 7) is 0. The van der Waals surface area contributed by atoms with Crippen LogP contribution in [0.2, 0.25) is 0 Å². The zero-order valence-electron chi connectivity index (χ0n) is 30.8. The predicted octanol–water partition coefficient (Wildman–Crippen LogP) is 12.2. The molecule has 0 saturated heterocycles. The minimum Gasteiger partial charge on any atom is -0.461 e. The number of para-hydroxylation sites is 2. The van der Waals surface area contributed by atoms with Crippen molar-refractivity contribution in [2.45, 2.75) is 18.5 Å². The van der Waals surface area contributed by atoms with Gasteiger partial charge in [0.15, 0.2) is 5.84 Å². The molecule has 12 rings (SSSR count). The van der Waals surface area contributed by atoms with Gasteiger partial charge >= 0.3 is 0 Å². The van der Waals surface area contributed by atoms with Crippen LogP contribution in [0.5, 0.6) is 5.75 Å². The second kappa shape index (κ2) is 12.5. The predicted molar refractivity (Wildman–Crippen MR) is 231 cm³/mol. The van der Waals surface area contributed by atoms with Crippen LogP contribution in [0.3, 0.4) is 0 Å². The topological polar surface area (TPSA) is 64.1 Å². The monoisotopic (exact) mass is 734 g/mol. The van der Waals surface area contributed by atoms with Crippen LogP contribution in [0, 0.1) is 0 Å². The molecular formula is C51H34N4O2. The summed E-state index contributed by atoms with van der Waals surface area (Å²) in [4.78, 5) is 10.4. The highest BCUT2D eigenvalue weighted by molar-refractivity contribution is 6.14. The van der Waals surface area contributed by atoms with E-state index in [9.17, 15) is 0 Å². The maximum Gasteiger partial charge on any atom is 0.159 e. The number of rotatable bonds is 5. The Balaban J connectivity index is 0.925. The number of hydrogen-bond acceptors (Lipinski definition) is 5. The average Bonchev–Trinajstić information content (AvgIpc) is 3.95. The molecule has 7 aromatic carbocycles. The highest BCUT2D eigenvalue weighted by Crippen LogP contribution is 2.49. The molecule has 3 aliphatic rings. The molecule has 2 unspecified atom stereocenters. The number of hydrogen-bond donors (Lipinski definition) is 1. The number of allylic oxidation sites excluding steroid dienone is 4. The van der Waals surface area contributed by atoms with Crippen molar-refractivity contribution in [3.63, 3.8) is 0 Å². The van der Waals surface area contributed by atoms with Crippen LogP contribution in [-0.2, 0) is 0 Å². The van der Waals surface area contributed by atoms with Crippen molar-refractivity contribution in [3.8, 4) is 16.9 Å². The Hall–Kier alpha value is -7.44. The molecule has 0 saturated carbocycles. The Morgan fingerprint density at radius 3 is 2.23 bits per heavy atom. The van der Waals surface area contributed by atoms with Gasteiger partial charge in [-0.05, 0) is 53.9 Å². The summed E-state index contributed by atoms with van der Waals surface area (Å²) in [6.07, 6.45) is 5.00. The summed E-state index contributed by atoms with van der Waals surface area (Å²) in [5.74, 6) is 3.31. The lowest BCUT2D eigenvalue weighted by Crippen LogP contribution is -2.34. The number of nitrogens with zero attached hydrogens (tertiary/aromatic N) is 3. The first-order valence-electron chi connectivity index (χ1n) is 19.4. The summed E-state index contributed by atoms with van der Waals surface area (Å²) < 4.78 is 15.4. The van der Waals surface area contributed by atoms with E-state index in [-0.39, 0.29) is 12.1 Å². The quantitative estimate of drug-likeness (QED) is 0.191. The molecule has 9 aromatic rings. The van der Waals surface area contributed by atoms with E-state index in [4.69, 9.17) is 19.1 Å². The molecule has 57 heavy (non-hydrogen) atoms. The van der Waals surface area contributed by atoms with Gasteiger partial charge in [0, 0.05) is 55.6 Å². The lowest BCUT2D eigenvalue weighted by molar-refractivity contribution is 0.425. The molecule has 1 aliphatic carbocycles. The third kappa shape index (κ3) is 5.11. The van der Waals surface area contributed by atoms with Gasteiger partial charge in [-0.2, -0.15) is 0 Å². The standard InChI is InChI=1S/C51H34N4O2/c1-3-12-31(13-4-1)33-23-27-43-41(28-33)36-16-7-9-19-42(36)55(43)35-24-26-39-47(30-35)57-45-21-11-18-40(48(39)45)51-53-49(32-14-5-2-6-15-32)52-50(54-51)34-22-25-38-37-17-8-10-20-44(37)56-46(38)29-34/h1-25,27-30,39,50H,26H2,(H,52,53,54). The molecule has 270 valence electrons. The average molecular weight is 735 g/mol. The fourth-order valence-corrected chi connectivity index (χ4v) is 8.95. The Morgan fingerprint density at radius 1 is 0.596 bits per heavy atom. The van der Waals surface area contributed by atoms with E-state index in [0.29, 0.717) is 5.84 Å². The zero-order valence-corrected chi connectivity index (χ0v) is 30.8. The van der Waals surface area contributed by atoms with Crippen LogP contribution >= 0.6 is 0 Å². The van der Waals surface area contributed by atoms with Gasteiger partial charge in [-0.1, -0.05) is 133 Å². The number of aliphatic imine (C=N–C) groups is 2. The lowest BCUT2D eigenvalue weighted by atomic mass is 9.87. The molecule has 2 aliphatic heterocycles. The van der Waals surface area contributed by atoms with Crippen LogP contribution in [0.1, 0.15) is 40.8 Å². The van der Waals surface area contributed by atoms with Crippen LogP contribution < -0.4 is 10.1 Å². The fourth-order valence-electron chi connectivity index (χ4n) is 8.95. The van der Waals surface area contributed by atoms with E-state index in [2.05, 4.69) is 149 Å². The molecule has 6 heteroatoms. The molecule has 0 fully saturated rings. The van der Waals surface area contributed by atoms with E-state index in [1.165, 1.54) is 32.9 Å². The van der Waals surface area contributed by atoms with Crippen LogP contribution in [0.15, 0.2) is 196 Å². The third-order valence-corrected chi connectivity index (χ3v) is 11.6. The van der Waals surface area contributed by atoms with Crippen molar-refractivity contribution < 1.29 is 9.15 Å². The summed E-state index contributed by atoms with van der Waals surface area (Å²) >= 11 is 0. The molecule has 0 radical (unpaired) electrons. The highest BCUT2D eigenvalue weighted by atomic mass is 16.5. The Bertz CT molecular complexity index is 3220. The molecule has 4 heterocycles. The summed E-state index contributed by atoms with van der Waals surface area (Å²) in [5, 5.41) is 8.39. The number of nitrogens with one attached hydrogen (secondary N) is 1. The van der Waals surface area contributed by atoms with E-state index in [1.807, 2.05) is 36.4 Å².